The number of aromatic nitrogens is 1. The van der Waals surface area contributed by atoms with Crippen molar-refractivity contribution in [1.82, 2.24) is 15.3 Å². The van der Waals surface area contributed by atoms with Crippen molar-refractivity contribution in [3.63, 3.8) is 0 Å². The highest BCUT2D eigenvalue weighted by Crippen LogP contribution is 2.36. The van der Waals surface area contributed by atoms with Crippen LogP contribution < -0.4 is 21.9 Å². The summed E-state index contributed by atoms with van der Waals surface area (Å²) in [7, 11) is 0. The van der Waals surface area contributed by atoms with Crippen LogP contribution in [-0.4, -0.2) is 48.4 Å². The Balaban J connectivity index is 1.92. The highest BCUT2D eigenvalue weighted by molar-refractivity contribution is 7.20. The first-order valence-electron chi connectivity index (χ1n) is 8.26. The summed E-state index contributed by atoms with van der Waals surface area (Å²) in [5.74, 6) is 6.05. The molecule has 3 heterocycles. The average Bonchev–Trinajstić information content (AvgIpc) is 2.97. The van der Waals surface area contributed by atoms with Crippen molar-refractivity contribution in [2.24, 2.45) is 5.84 Å². The van der Waals surface area contributed by atoms with E-state index >= 15 is 0 Å². The van der Waals surface area contributed by atoms with Crippen LogP contribution in [0.25, 0.3) is 10.2 Å². The quantitative estimate of drug-likeness (QED) is 0.327. The van der Waals surface area contributed by atoms with Crippen LogP contribution in [0.3, 0.4) is 0 Å². The fraction of sp³-hybridized carbons (Fsp3) is 0.438. The number of hydrazine groups is 1. The van der Waals surface area contributed by atoms with Gasteiger partial charge in [0.25, 0.3) is 0 Å². The number of thiophene rings is 1. The standard InChI is InChI=1S/C16H22N6O2S/c1-2-3-10-8-12(19-15-13(10)14(17)11(9-23)25-15)21-4-6-22(7-5-21)16(24)20-18/h8-9H,2-7,17-18H2,1H3,(H,20,24). The van der Waals surface area contributed by atoms with Gasteiger partial charge >= 0.3 is 6.03 Å². The number of nitrogens with two attached hydrogens (primary N) is 2. The van der Waals surface area contributed by atoms with Crippen LogP contribution in [0.2, 0.25) is 0 Å². The summed E-state index contributed by atoms with van der Waals surface area (Å²) in [6.07, 6.45) is 2.65. The number of anilines is 2. The van der Waals surface area contributed by atoms with Gasteiger partial charge in [-0.3, -0.25) is 10.2 Å². The molecule has 9 heteroatoms. The molecule has 5 N–H and O–H groups in total. The van der Waals surface area contributed by atoms with Crippen molar-refractivity contribution in [1.29, 1.82) is 0 Å². The number of carbonyl (C=O) groups excluding carboxylic acids is 2. The number of nitrogen functional groups attached to an aromatic ring is 1. The molecule has 2 aromatic heterocycles. The summed E-state index contributed by atoms with van der Waals surface area (Å²) in [6.45, 7) is 4.63. The van der Waals surface area contributed by atoms with Crippen molar-refractivity contribution in [3.8, 4) is 0 Å². The Bertz CT molecular complexity index is 798. The number of fused-ring (bicyclic) bond motifs is 1. The third kappa shape index (κ3) is 3.24. The summed E-state index contributed by atoms with van der Waals surface area (Å²) >= 11 is 1.33. The van der Waals surface area contributed by atoms with Gasteiger partial charge in [0.05, 0.1) is 10.6 Å². The molecule has 0 radical (unpaired) electrons. The highest BCUT2D eigenvalue weighted by atomic mass is 32.1. The van der Waals surface area contributed by atoms with Crippen molar-refractivity contribution in [2.75, 3.05) is 36.8 Å². The van der Waals surface area contributed by atoms with E-state index in [0.717, 1.165) is 40.7 Å². The van der Waals surface area contributed by atoms with E-state index in [9.17, 15) is 9.59 Å². The molecule has 1 fully saturated rings. The van der Waals surface area contributed by atoms with Gasteiger partial charge in [-0.2, -0.15) is 0 Å². The van der Waals surface area contributed by atoms with Crippen molar-refractivity contribution in [2.45, 2.75) is 19.8 Å². The molecule has 2 amide bonds. The molecule has 8 nitrogen and oxygen atoms in total. The third-order valence-electron chi connectivity index (χ3n) is 4.44. The molecule has 0 saturated carbocycles. The molecule has 0 bridgehead atoms. The van der Waals surface area contributed by atoms with Crippen molar-refractivity contribution >= 4 is 45.4 Å². The predicted molar refractivity (Wildman–Crippen MR) is 99.9 cm³/mol. The number of hydrogen-bond acceptors (Lipinski definition) is 7. The second kappa shape index (κ2) is 7.24. The smallest absolute Gasteiger partial charge is 0.331 e. The molecule has 2 aromatic rings. The van der Waals surface area contributed by atoms with Crippen LogP contribution in [0.15, 0.2) is 6.07 Å². The SMILES string of the molecule is CCCc1cc(N2CCN(C(=O)NN)CC2)nc2sc(C=O)c(N)c12. The second-order valence-corrected chi connectivity index (χ2v) is 7.02. The lowest BCUT2D eigenvalue weighted by Gasteiger charge is -2.35. The molecule has 3 rings (SSSR count). The number of nitrogens with one attached hydrogen (secondary N) is 1. The molecule has 0 aromatic carbocycles. The van der Waals surface area contributed by atoms with Crippen molar-refractivity contribution in [3.05, 3.63) is 16.5 Å². The summed E-state index contributed by atoms with van der Waals surface area (Å²) in [5, 5.41) is 0.902. The van der Waals surface area contributed by atoms with Gasteiger partial charge in [0, 0.05) is 31.6 Å². The van der Waals surface area contributed by atoms with Crippen LogP contribution >= 0.6 is 11.3 Å². The summed E-state index contributed by atoms with van der Waals surface area (Å²) < 4.78 is 0. The van der Waals surface area contributed by atoms with Crippen molar-refractivity contribution < 1.29 is 9.59 Å². The number of piperazine rings is 1. The number of carbonyl (C=O) groups is 2. The van der Waals surface area contributed by atoms with Gasteiger partial charge in [0.1, 0.15) is 10.6 Å². The monoisotopic (exact) mass is 362 g/mol. The van der Waals surface area contributed by atoms with Gasteiger partial charge in [-0.15, -0.1) is 11.3 Å². The lowest BCUT2D eigenvalue weighted by Crippen LogP contribution is -2.53. The summed E-state index contributed by atoms with van der Waals surface area (Å²) in [4.78, 5) is 32.7. The maximum Gasteiger partial charge on any atom is 0.331 e. The van der Waals surface area contributed by atoms with Gasteiger partial charge in [0.2, 0.25) is 0 Å². The largest absolute Gasteiger partial charge is 0.397 e. The number of rotatable bonds is 4. The van der Waals surface area contributed by atoms with Crippen LogP contribution in [0.1, 0.15) is 28.6 Å². The lowest BCUT2D eigenvalue weighted by atomic mass is 10.1. The summed E-state index contributed by atoms with van der Waals surface area (Å²) in [5.41, 5.74) is 9.95. The molecular weight excluding hydrogens is 340 g/mol. The minimum atomic E-state index is -0.267. The maximum atomic E-state index is 11.6. The average molecular weight is 362 g/mol. The first kappa shape index (κ1) is 17.4. The van der Waals surface area contributed by atoms with Crippen LogP contribution in [0.5, 0.6) is 0 Å². The number of nitrogens with zero attached hydrogens (tertiary/aromatic N) is 3. The zero-order valence-corrected chi connectivity index (χ0v) is 14.9. The van der Waals surface area contributed by atoms with Gasteiger partial charge in [-0.05, 0) is 18.1 Å². The van der Waals surface area contributed by atoms with E-state index in [4.69, 9.17) is 16.6 Å². The minimum Gasteiger partial charge on any atom is -0.397 e. The number of urea groups is 1. The molecule has 0 unspecified atom stereocenters. The fourth-order valence-electron chi connectivity index (χ4n) is 3.15. The Morgan fingerprint density at radius 2 is 2.12 bits per heavy atom. The fourth-order valence-corrected chi connectivity index (χ4v) is 4.10. The first-order valence-corrected chi connectivity index (χ1v) is 9.08. The number of aldehydes is 1. The molecular formula is C16H22N6O2S. The van der Waals surface area contributed by atoms with E-state index in [1.165, 1.54) is 11.3 Å². The molecule has 0 aliphatic carbocycles. The van der Waals surface area contributed by atoms with Gasteiger partial charge in [-0.25, -0.2) is 15.6 Å². The van der Waals surface area contributed by atoms with E-state index in [1.807, 2.05) is 0 Å². The second-order valence-electron chi connectivity index (χ2n) is 5.99. The normalized spacial score (nSPS) is 14.8. The van der Waals surface area contributed by atoms with E-state index in [1.54, 1.807) is 4.90 Å². The van der Waals surface area contributed by atoms with Gasteiger partial charge < -0.3 is 15.5 Å². The predicted octanol–water partition coefficient (Wildman–Crippen LogP) is 1.35. The Hall–Kier alpha value is -2.39. The van der Waals surface area contributed by atoms with Gasteiger partial charge in [0.15, 0.2) is 6.29 Å². The molecule has 1 aliphatic rings. The minimum absolute atomic E-state index is 0.267. The molecule has 1 saturated heterocycles. The zero-order valence-electron chi connectivity index (χ0n) is 14.1. The lowest BCUT2D eigenvalue weighted by molar-refractivity contribution is 0.112. The molecule has 1 aliphatic heterocycles. The van der Waals surface area contributed by atoms with Crippen LogP contribution in [-0.2, 0) is 6.42 Å². The number of pyridine rings is 1. The number of hydrogen-bond donors (Lipinski definition) is 3. The number of aryl methyl sites for hydroxylation is 1. The van der Waals surface area contributed by atoms with E-state index in [0.29, 0.717) is 36.7 Å². The first-order chi connectivity index (χ1) is 12.1. The van der Waals surface area contributed by atoms with Gasteiger partial charge in [-0.1, -0.05) is 13.3 Å². The highest BCUT2D eigenvalue weighted by Gasteiger charge is 2.23. The van der Waals surface area contributed by atoms with E-state index in [2.05, 4.69) is 23.3 Å². The van der Waals surface area contributed by atoms with E-state index < -0.39 is 0 Å². The molecule has 25 heavy (non-hydrogen) atoms. The van der Waals surface area contributed by atoms with Crippen LogP contribution in [0, 0.1) is 0 Å². The third-order valence-corrected chi connectivity index (χ3v) is 5.46. The topological polar surface area (TPSA) is 118 Å². The molecule has 0 spiro atoms. The maximum absolute atomic E-state index is 11.6. The zero-order chi connectivity index (χ0) is 18.0. The Labute approximate surface area is 149 Å². The van der Waals surface area contributed by atoms with E-state index in [-0.39, 0.29) is 6.03 Å². The number of amides is 2. The Morgan fingerprint density at radius 3 is 2.72 bits per heavy atom. The molecule has 0 atom stereocenters. The Morgan fingerprint density at radius 1 is 1.40 bits per heavy atom. The molecule has 134 valence electrons. The van der Waals surface area contributed by atoms with Crippen LogP contribution in [0.4, 0.5) is 16.3 Å². The summed E-state index contributed by atoms with van der Waals surface area (Å²) in [6, 6.07) is 1.79. The Kier molecular flexibility index (Phi) is 5.05.